The number of unbranched alkanes of at least 4 members (excludes halogenated alkanes) is 14. The summed E-state index contributed by atoms with van der Waals surface area (Å²) < 4.78 is 26.1. The van der Waals surface area contributed by atoms with Crippen LogP contribution in [0.1, 0.15) is 129 Å². The van der Waals surface area contributed by atoms with Crippen molar-refractivity contribution in [2.24, 2.45) is 5.92 Å². The van der Waals surface area contributed by atoms with Gasteiger partial charge in [-0.15, -0.1) is 0 Å². The third kappa shape index (κ3) is 8.91. The molecule has 0 aromatic heterocycles. The quantitative estimate of drug-likeness (QED) is 0.196. The van der Waals surface area contributed by atoms with Crippen LogP contribution in [0, 0.1) is 5.92 Å². The Bertz CT molecular complexity index is 684. The SMILES string of the molecule is CCCCCCCCCCC1=CC=CC2C1C=C(CCCCCCCCCC)S2(=O)=O. The van der Waals surface area contributed by atoms with E-state index in [1.54, 1.807) is 0 Å². The minimum atomic E-state index is -3.14. The van der Waals surface area contributed by atoms with Crippen LogP contribution < -0.4 is 0 Å². The molecule has 2 rings (SSSR count). The van der Waals surface area contributed by atoms with Crippen molar-refractivity contribution in [3.8, 4) is 0 Å². The highest BCUT2D eigenvalue weighted by Crippen LogP contribution is 2.41. The van der Waals surface area contributed by atoms with Crippen molar-refractivity contribution in [1.82, 2.24) is 0 Å². The molecule has 178 valence electrons. The van der Waals surface area contributed by atoms with E-state index < -0.39 is 9.84 Å². The van der Waals surface area contributed by atoms with E-state index in [2.05, 4.69) is 26.0 Å². The fourth-order valence-corrected chi connectivity index (χ4v) is 7.12. The van der Waals surface area contributed by atoms with Gasteiger partial charge in [0.1, 0.15) is 0 Å². The minimum absolute atomic E-state index is 0.101. The van der Waals surface area contributed by atoms with Crippen molar-refractivity contribution in [2.75, 3.05) is 0 Å². The summed E-state index contributed by atoms with van der Waals surface area (Å²) in [5.74, 6) is 0.101. The summed E-state index contributed by atoms with van der Waals surface area (Å²) in [7, 11) is -3.14. The summed E-state index contributed by atoms with van der Waals surface area (Å²) >= 11 is 0. The van der Waals surface area contributed by atoms with Gasteiger partial charge in [0.05, 0.1) is 5.25 Å². The Kier molecular flexibility index (Phi) is 12.9. The Morgan fingerprint density at radius 3 is 1.71 bits per heavy atom. The van der Waals surface area contributed by atoms with E-state index in [9.17, 15) is 8.42 Å². The monoisotopic (exact) mass is 448 g/mol. The van der Waals surface area contributed by atoms with Gasteiger partial charge in [0.15, 0.2) is 9.84 Å². The fourth-order valence-electron chi connectivity index (χ4n) is 5.07. The average molecular weight is 449 g/mol. The topological polar surface area (TPSA) is 34.1 Å². The number of allylic oxidation sites excluding steroid dienone is 5. The third-order valence-electron chi connectivity index (χ3n) is 7.08. The smallest absolute Gasteiger partial charge is 0.181 e. The molecule has 31 heavy (non-hydrogen) atoms. The maximum absolute atomic E-state index is 13.1. The van der Waals surface area contributed by atoms with Gasteiger partial charge in [0.25, 0.3) is 0 Å². The van der Waals surface area contributed by atoms with Gasteiger partial charge in [-0.1, -0.05) is 134 Å². The molecule has 1 heterocycles. The molecule has 0 saturated heterocycles. The van der Waals surface area contributed by atoms with Crippen LogP contribution in [0.3, 0.4) is 0 Å². The lowest BCUT2D eigenvalue weighted by Gasteiger charge is -2.22. The van der Waals surface area contributed by atoms with Crippen molar-refractivity contribution < 1.29 is 8.42 Å². The van der Waals surface area contributed by atoms with E-state index in [1.807, 2.05) is 12.2 Å². The molecular formula is C28H48O2S. The summed E-state index contributed by atoms with van der Waals surface area (Å²) in [6, 6.07) is 0. The molecule has 2 unspecified atom stereocenters. The highest BCUT2D eigenvalue weighted by atomic mass is 32.2. The number of rotatable bonds is 18. The van der Waals surface area contributed by atoms with Gasteiger partial charge in [-0.25, -0.2) is 8.42 Å². The zero-order valence-electron chi connectivity index (χ0n) is 20.4. The van der Waals surface area contributed by atoms with Crippen LogP contribution in [0.4, 0.5) is 0 Å². The first-order chi connectivity index (χ1) is 15.1. The largest absolute Gasteiger partial charge is 0.223 e. The van der Waals surface area contributed by atoms with Crippen LogP contribution in [0.25, 0.3) is 0 Å². The lowest BCUT2D eigenvalue weighted by Crippen LogP contribution is -2.24. The van der Waals surface area contributed by atoms with E-state index in [0.717, 1.165) is 30.6 Å². The zero-order valence-corrected chi connectivity index (χ0v) is 21.2. The first kappa shape index (κ1) is 26.4. The van der Waals surface area contributed by atoms with Gasteiger partial charge >= 0.3 is 0 Å². The molecule has 1 aliphatic carbocycles. The molecule has 2 aliphatic rings. The van der Waals surface area contributed by atoms with Crippen molar-refractivity contribution in [3.63, 3.8) is 0 Å². The van der Waals surface area contributed by atoms with Gasteiger partial charge in [-0.2, -0.15) is 0 Å². The van der Waals surface area contributed by atoms with E-state index >= 15 is 0 Å². The molecular weight excluding hydrogens is 400 g/mol. The molecule has 0 radical (unpaired) electrons. The molecule has 0 aromatic rings. The normalized spacial score (nSPS) is 21.7. The first-order valence-corrected chi connectivity index (χ1v) is 15.0. The lowest BCUT2D eigenvalue weighted by atomic mass is 9.87. The van der Waals surface area contributed by atoms with Gasteiger partial charge in [0.2, 0.25) is 0 Å². The van der Waals surface area contributed by atoms with Crippen molar-refractivity contribution in [1.29, 1.82) is 0 Å². The summed E-state index contributed by atoms with van der Waals surface area (Å²) in [6.07, 6.45) is 30.6. The molecule has 0 bridgehead atoms. The molecule has 0 saturated carbocycles. The number of sulfone groups is 1. The minimum Gasteiger partial charge on any atom is -0.223 e. The molecule has 0 aromatic carbocycles. The predicted molar refractivity (Wildman–Crippen MR) is 136 cm³/mol. The number of hydrogen-bond donors (Lipinski definition) is 0. The third-order valence-corrected chi connectivity index (χ3v) is 9.32. The molecule has 0 N–H and O–H groups in total. The molecule has 0 fully saturated rings. The second-order valence-corrected chi connectivity index (χ2v) is 11.9. The maximum atomic E-state index is 13.1. The molecule has 0 spiro atoms. The van der Waals surface area contributed by atoms with Gasteiger partial charge in [-0.05, 0) is 25.7 Å². The standard InChI is InChI=1S/C28H48O2S/c1-3-5-7-9-11-13-15-17-20-25-21-19-23-28-27(25)24-26(31(28,29)30)22-18-16-14-12-10-8-6-4-2/h19,21,23-24,27-28H,3-18,20,22H2,1-2H3. The molecule has 1 aliphatic heterocycles. The zero-order chi connectivity index (χ0) is 22.4. The Hall–Kier alpha value is -0.830. The van der Waals surface area contributed by atoms with Crippen LogP contribution in [-0.2, 0) is 9.84 Å². The Labute approximate surface area is 193 Å². The first-order valence-electron chi connectivity index (χ1n) is 13.4. The van der Waals surface area contributed by atoms with Gasteiger partial charge in [-0.3, -0.25) is 0 Å². The number of fused-ring (bicyclic) bond motifs is 1. The second-order valence-electron chi connectivity index (χ2n) is 9.74. The van der Waals surface area contributed by atoms with Crippen LogP contribution in [-0.4, -0.2) is 13.7 Å². The Balaban J connectivity index is 1.72. The lowest BCUT2D eigenvalue weighted by molar-refractivity contribution is 0.562. The van der Waals surface area contributed by atoms with Crippen LogP contribution >= 0.6 is 0 Å². The Morgan fingerprint density at radius 2 is 1.16 bits per heavy atom. The molecule has 3 heteroatoms. The van der Waals surface area contributed by atoms with Crippen molar-refractivity contribution >= 4 is 9.84 Å². The highest BCUT2D eigenvalue weighted by Gasteiger charge is 2.41. The second kappa shape index (κ2) is 15.1. The summed E-state index contributed by atoms with van der Waals surface area (Å²) in [4.78, 5) is 0.724. The van der Waals surface area contributed by atoms with Gasteiger partial charge < -0.3 is 0 Å². The maximum Gasteiger partial charge on any atom is 0.181 e. The highest BCUT2D eigenvalue weighted by molar-refractivity contribution is 7.96. The summed E-state index contributed by atoms with van der Waals surface area (Å²) in [5.41, 5.74) is 1.34. The predicted octanol–water partition coefficient (Wildman–Crippen LogP) is 8.84. The van der Waals surface area contributed by atoms with Crippen LogP contribution in [0.2, 0.25) is 0 Å². The number of hydrogen-bond acceptors (Lipinski definition) is 2. The van der Waals surface area contributed by atoms with E-state index in [-0.39, 0.29) is 11.2 Å². The van der Waals surface area contributed by atoms with Crippen molar-refractivity contribution in [3.05, 3.63) is 34.8 Å². The molecule has 0 amide bonds. The van der Waals surface area contributed by atoms with Crippen LogP contribution in [0.15, 0.2) is 34.8 Å². The van der Waals surface area contributed by atoms with Crippen LogP contribution in [0.5, 0.6) is 0 Å². The summed E-state index contributed by atoms with van der Waals surface area (Å²) in [6.45, 7) is 4.51. The van der Waals surface area contributed by atoms with Crippen molar-refractivity contribution in [2.45, 2.75) is 135 Å². The fraction of sp³-hybridized carbons (Fsp3) is 0.786. The molecule has 2 atom stereocenters. The summed E-state index contributed by atoms with van der Waals surface area (Å²) in [5, 5.41) is -0.328. The van der Waals surface area contributed by atoms with Gasteiger partial charge in [0, 0.05) is 10.8 Å². The average Bonchev–Trinajstić information content (AvgIpc) is 3.02. The molecule has 2 nitrogen and oxygen atoms in total. The Morgan fingerprint density at radius 1 is 0.677 bits per heavy atom. The van der Waals surface area contributed by atoms with E-state index in [1.165, 1.54) is 95.5 Å². The van der Waals surface area contributed by atoms with E-state index in [0.29, 0.717) is 0 Å². The van der Waals surface area contributed by atoms with E-state index in [4.69, 9.17) is 0 Å².